The smallest absolute Gasteiger partial charge is 0.260 e. The summed E-state index contributed by atoms with van der Waals surface area (Å²) < 4.78 is 10.8. The number of amides is 2. The lowest BCUT2D eigenvalue weighted by atomic mass is 9.94. The van der Waals surface area contributed by atoms with E-state index in [1.54, 1.807) is 24.1 Å². The molecule has 0 unspecified atom stereocenters. The summed E-state index contributed by atoms with van der Waals surface area (Å²) in [5, 5.41) is 0. The lowest BCUT2D eigenvalue weighted by Gasteiger charge is -2.28. The molecule has 0 atom stereocenters. The maximum absolute atomic E-state index is 12.5. The number of rotatable bonds is 4. The molecule has 0 spiro atoms. The minimum atomic E-state index is -0.397. The number of ether oxygens (including phenoxy) is 2. The second-order valence-electron chi connectivity index (χ2n) is 7.22. The first-order valence-corrected chi connectivity index (χ1v) is 8.66. The van der Waals surface area contributed by atoms with E-state index in [4.69, 9.17) is 9.47 Å². The molecule has 1 aliphatic heterocycles. The summed E-state index contributed by atoms with van der Waals surface area (Å²) in [5.41, 5.74) is -0.397. The Labute approximate surface area is 149 Å². The van der Waals surface area contributed by atoms with Crippen LogP contribution < -0.4 is 9.47 Å². The van der Waals surface area contributed by atoms with E-state index in [1.807, 2.05) is 37.8 Å². The number of para-hydroxylation sites is 2. The molecule has 0 N–H and O–H groups in total. The second kappa shape index (κ2) is 8.23. The SMILES string of the molecule is COc1ccccc1OCC(=O)N1CCCN(C(=O)C(C)(C)C)CC1. The molecule has 2 rings (SSSR count). The molecule has 0 radical (unpaired) electrons. The monoisotopic (exact) mass is 348 g/mol. The third-order valence-corrected chi connectivity index (χ3v) is 4.20. The van der Waals surface area contributed by atoms with Crippen molar-refractivity contribution < 1.29 is 19.1 Å². The van der Waals surface area contributed by atoms with E-state index < -0.39 is 5.41 Å². The van der Waals surface area contributed by atoms with Crippen LogP contribution in [0.15, 0.2) is 24.3 Å². The molecule has 1 aromatic carbocycles. The van der Waals surface area contributed by atoms with Crippen molar-refractivity contribution in [3.63, 3.8) is 0 Å². The minimum Gasteiger partial charge on any atom is -0.493 e. The fraction of sp³-hybridized carbons (Fsp3) is 0.579. The Bertz CT molecular complexity index is 610. The van der Waals surface area contributed by atoms with Crippen molar-refractivity contribution in [2.45, 2.75) is 27.2 Å². The van der Waals surface area contributed by atoms with Crippen LogP contribution in [0.5, 0.6) is 11.5 Å². The van der Waals surface area contributed by atoms with Gasteiger partial charge in [-0.1, -0.05) is 32.9 Å². The van der Waals surface area contributed by atoms with Gasteiger partial charge in [0.25, 0.3) is 5.91 Å². The van der Waals surface area contributed by atoms with Crippen LogP contribution in [0.2, 0.25) is 0 Å². The molecule has 2 amide bonds. The summed E-state index contributed by atoms with van der Waals surface area (Å²) >= 11 is 0. The molecular formula is C19H28N2O4. The van der Waals surface area contributed by atoms with Crippen LogP contribution >= 0.6 is 0 Å². The normalized spacial score (nSPS) is 15.5. The van der Waals surface area contributed by atoms with Crippen molar-refractivity contribution >= 4 is 11.8 Å². The summed E-state index contributed by atoms with van der Waals surface area (Å²) in [4.78, 5) is 28.5. The summed E-state index contributed by atoms with van der Waals surface area (Å²) in [6.45, 7) is 8.16. The fourth-order valence-electron chi connectivity index (χ4n) is 2.81. The highest BCUT2D eigenvalue weighted by molar-refractivity contribution is 5.82. The molecule has 6 heteroatoms. The molecule has 0 aromatic heterocycles. The van der Waals surface area contributed by atoms with Crippen molar-refractivity contribution in [2.24, 2.45) is 5.41 Å². The molecule has 1 aromatic rings. The van der Waals surface area contributed by atoms with Crippen LogP contribution in [0, 0.1) is 5.41 Å². The highest BCUT2D eigenvalue weighted by atomic mass is 16.5. The molecular weight excluding hydrogens is 320 g/mol. The number of benzene rings is 1. The first-order chi connectivity index (χ1) is 11.8. The fourth-order valence-corrected chi connectivity index (χ4v) is 2.81. The highest BCUT2D eigenvalue weighted by Gasteiger charge is 2.29. The Morgan fingerprint density at radius 2 is 1.60 bits per heavy atom. The topological polar surface area (TPSA) is 59.1 Å². The zero-order chi connectivity index (χ0) is 18.4. The van der Waals surface area contributed by atoms with E-state index in [1.165, 1.54) is 0 Å². The quantitative estimate of drug-likeness (QED) is 0.837. The third-order valence-electron chi connectivity index (χ3n) is 4.20. The summed E-state index contributed by atoms with van der Waals surface area (Å²) in [5.74, 6) is 1.22. The van der Waals surface area contributed by atoms with E-state index >= 15 is 0 Å². The third kappa shape index (κ3) is 5.11. The van der Waals surface area contributed by atoms with Crippen LogP contribution in [0.4, 0.5) is 0 Å². The van der Waals surface area contributed by atoms with Gasteiger partial charge in [-0.05, 0) is 18.6 Å². The summed E-state index contributed by atoms with van der Waals surface area (Å²) in [6.07, 6.45) is 0.780. The Kier molecular flexibility index (Phi) is 6.28. The number of carbonyl (C=O) groups is 2. The number of hydrogen-bond donors (Lipinski definition) is 0. The summed E-state index contributed by atoms with van der Waals surface area (Å²) in [6, 6.07) is 7.26. The predicted octanol–water partition coefficient (Wildman–Crippen LogP) is 2.18. The molecule has 0 aliphatic carbocycles. The minimum absolute atomic E-state index is 0.0341. The van der Waals surface area contributed by atoms with Crippen LogP contribution in [0.1, 0.15) is 27.2 Å². The molecule has 6 nitrogen and oxygen atoms in total. The van der Waals surface area contributed by atoms with Crippen molar-refractivity contribution in [3.8, 4) is 11.5 Å². The number of carbonyl (C=O) groups excluding carboxylic acids is 2. The largest absolute Gasteiger partial charge is 0.493 e. The Balaban J connectivity index is 1.89. The number of methoxy groups -OCH3 is 1. The van der Waals surface area contributed by atoms with E-state index in [2.05, 4.69) is 0 Å². The van der Waals surface area contributed by atoms with Crippen LogP contribution in [0.3, 0.4) is 0 Å². The summed E-state index contributed by atoms with van der Waals surface area (Å²) in [7, 11) is 1.57. The number of nitrogens with zero attached hydrogens (tertiary/aromatic N) is 2. The molecule has 0 bridgehead atoms. The Hall–Kier alpha value is -2.24. The Morgan fingerprint density at radius 3 is 2.24 bits per heavy atom. The van der Waals surface area contributed by atoms with Gasteiger partial charge in [-0.2, -0.15) is 0 Å². The lowest BCUT2D eigenvalue weighted by molar-refractivity contribution is -0.140. The van der Waals surface area contributed by atoms with Gasteiger partial charge < -0.3 is 19.3 Å². The molecule has 138 valence electrons. The van der Waals surface area contributed by atoms with Gasteiger partial charge >= 0.3 is 0 Å². The predicted molar refractivity (Wildman–Crippen MR) is 95.7 cm³/mol. The van der Waals surface area contributed by atoms with Gasteiger partial charge in [0.15, 0.2) is 18.1 Å². The van der Waals surface area contributed by atoms with Gasteiger partial charge in [0.1, 0.15) is 0 Å². The van der Waals surface area contributed by atoms with Crippen LogP contribution in [0.25, 0.3) is 0 Å². The van der Waals surface area contributed by atoms with Gasteiger partial charge in [0.2, 0.25) is 5.91 Å². The Morgan fingerprint density at radius 1 is 1.00 bits per heavy atom. The van der Waals surface area contributed by atoms with E-state index in [0.717, 1.165) is 6.42 Å². The maximum Gasteiger partial charge on any atom is 0.260 e. The molecule has 25 heavy (non-hydrogen) atoms. The molecule has 0 saturated carbocycles. The first kappa shape index (κ1) is 19.1. The zero-order valence-electron chi connectivity index (χ0n) is 15.6. The van der Waals surface area contributed by atoms with Crippen molar-refractivity contribution in [1.82, 2.24) is 9.80 Å². The van der Waals surface area contributed by atoms with Gasteiger partial charge in [-0.15, -0.1) is 0 Å². The first-order valence-electron chi connectivity index (χ1n) is 8.66. The number of hydrogen-bond acceptors (Lipinski definition) is 4. The van der Waals surface area contributed by atoms with E-state index in [-0.39, 0.29) is 18.4 Å². The van der Waals surface area contributed by atoms with E-state index in [9.17, 15) is 9.59 Å². The molecule has 1 aliphatic rings. The second-order valence-corrected chi connectivity index (χ2v) is 7.22. The molecule has 1 heterocycles. The van der Waals surface area contributed by atoms with Crippen LogP contribution in [-0.2, 0) is 9.59 Å². The van der Waals surface area contributed by atoms with Gasteiger partial charge in [-0.25, -0.2) is 0 Å². The van der Waals surface area contributed by atoms with Gasteiger partial charge in [0.05, 0.1) is 7.11 Å². The average Bonchev–Trinajstić information content (AvgIpc) is 2.84. The van der Waals surface area contributed by atoms with E-state index in [0.29, 0.717) is 37.7 Å². The average molecular weight is 348 g/mol. The molecule has 1 saturated heterocycles. The van der Waals surface area contributed by atoms with Crippen molar-refractivity contribution in [1.29, 1.82) is 0 Å². The highest BCUT2D eigenvalue weighted by Crippen LogP contribution is 2.25. The van der Waals surface area contributed by atoms with Crippen molar-refractivity contribution in [2.75, 3.05) is 39.9 Å². The molecule has 1 fully saturated rings. The van der Waals surface area contributed by atoms with Gasteiger partial charge in [0, 0.05) is 31.6 Å². The standard InChI is InChI=1S/C19H28N2O4/c1-19(2,3)18(23)21-11-7-10-20(12-13-21)17(22)14-25-16-9-6-5-8-15(16)24-4/h5-6,8-9H,7,10-14H2,1-4H3. The maximum atomic E-state index is 12.5. The van der Waals surface area contributed by atoms with Gasteiger partial charge in [-0.3, -0.25) is 9.59 Å². The van der Waals surface area contributed by atoms with Crippen molar-refractivity contribution in [3.05, 3.63) is 24.3 Å². The van der Waals surface area contributed by atoms with Crippen LogP contribution in [-0.4, -0.2) is 61.5 Å². The lowest BCUT2D eigenvalue weighted by Crippen LogP contribution is -2.42. The zero-order valence-corrected chi connectivity index (χ0v) is 15.6.